The van der Waals surface area contributed by atoms with Gasteiger partial charge in [0.15, 0.2) is 0 Å². The number of hydrogen-bond acceptors (Lipinski definition) is 3. The number of nitrogens with one attached hydrogen (secondary N) is 1. The van der Waals surface area contributed by atoms with Crippen LogP contribution < -0.4 is 0 Å². The molecule has 0 saturated heterocycles. The van der Waals surface area contributed by atoms with Crippen LogP contribution in [-0.2, 0) is 0 Å². The topological polar surface area (TPSA) is 64.3 Å². The molecule has 0 aromatic rings. The van der Waals surface area contributed by atoms with Crippen molar-refractivity contribution in [3.05, 3.63) is 62.3 Å². The first-order valence-electron chi connectivity index (χ1n) is 6.87. The molecule has 0 atom stereocenters. The number of rotatable bonds is 3. The molecule has 0 radical (unpaired) electrons. The number of aliphatic hydroxyl groups excluding tert-OH is 2. The normalized spacial score (nSPS) is 8.67. The Morgan fingerprint density at radius 1 is 0.905 bits per heavy atom. The Balaban J connectivity index is -0.0000000525. The van der Waals surface area contributed by atoms with Gasteiger partial charge in [0.2, 0.25) is 0 Å². The minimum atomic E-state index is 0.694. The minimum absolute atomic E-state index is 0.694. The first-order chi connectivity index (χ1) is 10.3. The lowest BCUT2D eigenvalue weighted by atomic mass is 10.2. The average Bonchev–Trinajstić information content (AvgIpc) is 2.63. The standard InChI is InChI=1S/C6H8.C4H7N.C4H6.C2H6.2CH4O/c1-2-4-6-5-3-1;1-2-3-4-5;1-3-4-2;3*1-2/h1-4H,5-6H2;2,4-5H,1,3H2;3-4H,1-2H2;1-2H3;2*2H,1H3. The van der Waals surface area contributed by atoms with E-state index in [1.54, 1.807) is 18.2 Å². The maximum Gasteiger partial charge on any atom is 0.0319 e. The number of aliphatic hydroxyl groups is 2. The molecule has 0 aromatic heterocycles. The van der Waals surface area contributed by atoms with Crippen molar-refractivity contribution in [2.24, 2.45) is 0 Å². The lowest BCUT2D eigenvalue weighted by Crippen LogP contribution is -1.67. The van der Waals surface area contributed by atoms with Crippen LogP contribution in [0.4, 0.5) is 0 Å². The van der Waals surface area contributed by atoms with Gasteiger partial charge in [0.1, 0.15) is 0 Å². The van der Waals surface area contributed by atoms with Gasteiger partial charge in [0, 0.05) is 14.2 Å². The van der Waals surface area contributed by atoms with Crippen molar-refractivity contribution in [3.63, 3.8) is 0 Å². The summed E-state index contributed by atoms with van der Waals surface area (Å²) in [6.45, 7) is 14.1. The van der Waals surface area contributed by atoms with E-state index in [9.17, 15) is 0 Å². The van der Waals surface area contributed by atoms with Crippen molar-refractivity contribution in [1.29, 1.82) is 5.41 Å². The zero-order chi connectivity index (χ0) is 17.8. The fourth-order valence-electron chi connectivity index (χ4n) is 0.625. The summed E-state index contributed by atoms with van der Waals surface area (Å²) >= 11 is 0. The molecule has 0 saturated carbocycles. The van der Waals surface area contributed by atoms with E-state index in [1.165, 1.54) is 19.1 Å². The monoisotopic (exact) mass is 297 g/mol. The molecule has 3 heteroatoms. The van der Waals surface area contributed by atoms with E-state index in [0.717, 1.165) is 14.2 Å². The molecule has 1 aliphatic carbocycles. The second-order valence-electron chi connectivity index (χ2n) is 2.63. The van der Waals surface area contributed by atoms with E-state index in [1.807, 2.05) is 13.8 Å². The van der Waals surface area contributed by atoms with Crippen LogP contribution in [0.15, 0.2) is 62.3 Å². The second kappa shape index (κ2) is 63.4. The van der Waals surface area contributed by atoms with Crippen LogP contribution in [0, 0.1) is 5.41 Å². The molecule has 1 aliphatic rings. The molecule has 3 nitrogen and oxygen atoms in total. The Morgan fingerprint density at radius 3 is 1.29 bits per heavy atom. The second-order valence-corrected chi connectivity index (χ2v) is 2.63. The van der Waals surface area contributed by atoms with Crippen LogP contribution in [0.3, 0.4) is 0 Å². The summed E-state index contributed by atoms with van der Waals surface area (Å²) in [5.41, 5.74) is 0. The molecule has 3 N–H and O–H groups in total. The molecule has 0 amide bonds. The van der Waals surface area contributed by atoms with Gasteiger partial charge in [-0.25, -0.2) is 0 Å². The smallest absolute Gasteiger partial charge is 0.0319 e. The Labute approximate surface area is 132 Å². The maximum atomic E-state index is 7.00. The van der Waals surface area contributed by atoms with E-state index in [4.69, 9.17) is 15.6 Å². The zero-order valence-electron chi connectivity index (χ0n) is 14.3. The van der Waals surface area contributed by atoms with Crippen molar-refractivity contribution >= 4 is 6.21 Å². The summed E-state index contributed by atoms with van der Waals surface area (Å²) in [6.07, 6.45) is 18.0. The van der Waals surface area contributed by atoms with Gasteiger partial charge in [-0.15, -0.1) is 6.58 Å². The first kappa shape index (κ1) is 31.6. The molecule has 0 fully saturated rings. The molecular formula is C18H35NO2. The van der Waals surface area contributed by atoms with Crippen LogP contribution in [0.1, 0.15) is 33.1 Å². The van der Waals surface area contributed by atoms with Crippen molar-refractivity contribution in [3.8, 4) is 0 Å². The van der Waals surface area contributed by atoms with Gasteiger partial charge in [-0.05, 0) is 25.5 Å². The largest absolute Gasteiger partial charge is 0.400 e. The molecule has 0 aliphatic heterocycles. The van der Waals surface area contributed by atoms with Crippen LogP contribution in [0.25, 0.3) is 0 Å². The lowest BCUT2D eigenvalue weighted by molar-refractivity contribution is 0.399. The van der Waals surface area contributed by atoms with E-state index in [-0.39, 0.29) is 0 Å². The van der Waals surface area contributed by atoms with Gasteiger partial charge >= 0.3 is 0 Å². The summed E-state index contributed by atoms with van der Waals surface area (Å²) in [4.78, 5) is 0. The zero-order valence-corrected chi connectivity index (χ0v) is 14.3. The van der Waals surface area contributed by atoms with Gasteiger partial charge in [-0.1, -0.05) is 69.5 Å². The molecule has 124 valence electrons. The fourth-order valence-corrected chi connectivity index (χ4v) is 0.625. The molecule has 0 bridgehead atoms. The summed E-state index contributed by atoms with van der Waals surface area (Å²) in [6, 6.07) is 0. The third-order valence-corrected chi connectivity index (χ3v) is 1.33. The van der Waals surface area contributed by atoms with Gasteiger partial charge in [-0.2, -0.15) is 0 Å². The van der Waals surface area contributed by atoms with E-state index >= 15 is 0 Å². The van der Waals surface area contributed by atoms with E-state index in [0.29, 0.717) is 6.42 Å². The third-order valence-electron chi connectivity index (χ3n) is 1.33. The predicted molar refractivity (Wildman–Crippen MR) is 99.1 cm³/mol. The SMILES string of the molecule is C1=CCCC=C1.C=CC=C.C=CCC=N.CC.CO.CO. The highest BCUT2D eigenvalue weighted by atomic mass is 16.2. The molecule has 1 rings (SSSR count). The molecule has 0 heterocycles. The van der Waals surface area contributed by atoms with E-state index in [2.05, 4.69) is 44.0 Å². The minimum Gasteiger partial charge on any atom is -0.400 e. The Bertz CT molecular complexity index is 207. The molecule has 0 spiro atoms. The highest BCUT2D eigenvalue weighted by molar-refractivity contribution is 5.54. The van der Waals surface area contributed by atoms with Crippen molar-refractivity contribution in [1.82, 2.24) is 0 Å². The molecule has 0 aromatic carbocycles. The summed E-state index contributed by atoms with van der Waals surface area (Å²) in [5.74, 6) is 0. The Hall–Kier alpha value is -1.71. The molecular weight excluding hydrogens is 262 g/mol. The summed E-state index contributed by atoms with van der Waals surface area (Å²) in [7, 11) is 2.00. The average molecular weight is 297 g/mol. The third kappa shape index (κ3) is 91.3. The van der Waals surface area contributed by atoms with Crippen LogP contribution in [-0.4, -0.2) is 30.6 Å². The van der Waals surface area contributed by atoms with Gasteiger partial charge in [-0.3, -0.25) is 0 Å². The van der Waals surface area contributed by atoms with Crippen molar-refractivity contribution in [2.75, 3.05) is 14.2 Å². The Kier molecular flexibility index (Phi) is 95.3. The molecule has 0 unspecified atom stereocenters. The highest BCUT2D eigenvalue weighted by Crippen LogP contribution is 1.98. The predicted octanol–water partition coefficient (Wildman–Crippen LogP) is 4.71. The lowest BCUT2D eigenvalue weighted by Gasteiger charge is -1.88. The maximum absolute atomic E-state index is 7.00. The number of allylic oxidation sites excluding steroid dienone is 7. The van der Waals surface area contributed by atoms with Crippen LogP contribution in [0.2, 0.25) is 0 Å². The summed E-state index contributed by atoms with van der Waals surface area (Å²) in [5, 5.41) is 20.4. The quantitative estimate of drug-likeness (QED) is 0.401. The molecule has 21 heavy (non-hydrogen) atoms. The fraction of sp³-hybridized carbons (Fsp3) is 0.389. The van der Waals surface area contributed by atoms with Gasteiger partial charge in [0.05, 0.1) is 0 Å². The van der Waals surface area contributed by atoms with E-state index < -0.39 is 0 Å². The van der Waals surface area contributed by atoms with Gasteiger partial charge < -0.3 is 15.6 Å². The highest BCUT2D eigenvalue weighted by Gasteiger charge is 1.77. The van der Waals surface area contributed by atoms with Crippen molar-refractivity contribution in [2.45, 2.75) is 33.1 Å². The first-order valence-corrected chi connectivity index (χ1v) is 6.87. The van der Waals surface area contributed by atoms with Crippen LogP contribution >= 0.6 is 0 Å². The summed E-state index contributed by atoms with van der Waals surface area (Å²) < 4.78 is 0. The number of hydrogen-bond donors (Lipinski definition) is 3. The van der Waals surface area contributed by atoms with Crippen molar-refractivity contribution < 1.29 is 10.2 Å². The van der Waals surface area contributed by atoms with Crippen LogP contribution in [0.5, 0.6) is 0 Å². The van der Waals surface area contributed by atoms with Gasteiger partial charge in [0.25, 0.3) is 0 Å². The Morgan fingerprint density at radius 2 is 1.24 bits per heavy atom.